The molecule has 1 saturated carbocycles. The number of amides is 1. The topological polar surface area (TPSA) is 70.7 Å². The van der Waals surface area contributed by atoms with Crippen molar-refractivity contribution < 1.29 is 4.79 Å². The Bertz CT molecular complexity index is 1060. The first kappa shape index (κ1) is 18.6. The second kappa shape index (κ2) is 7.33. The number of nitrogens with one attached hydrogen (secondary N) is 1. The van der Waals surface area contributed by atoms with E-state index < -0.39 is 5.54 Å². The molecule has 1 heterocycles. The minimum atomic E-state index is -0.769. The van der Waals surface area contributed by atoms with E-state index in [4.69, 9.17) is 4.98 Å². The number of nitriles is 1. The molecule has 0 aliphatic heterocycles. The lowest BCUT2D eigenvalue weighted by atomic mass is 9.98. The summed E-state index contributed by atoms with van der Waals surface area (Å²) in [4.78, 5) is 17.2. The number of hydrogen-bond acceptors (Lipinski definition) is 4. The van der Waals surface area contributed by atoms with Crippen LogP contribution in [0.5, 0.6) is 0 Å². The number of carbonyl (C=O) groups excluding carboxylic acids is 1. The van der Waals surface area contributed by atoms with Gasteiger partial charge in [-0.15, -0.1) is 0 Å². The SMILES string of the molecule is Cc1ccc(-n2c(SCC(=O)N[C@@](C)(C#N)C3CC3)nc3ccccc32)cc1. The Hall–Kier alpha value is -2.78. The van der Waals surface area contributed by atoms with Crippen molar-refractivity contribution in [1.29, 1.82) is 5.26 Å². The lowest BCUT2D eigenvalue weighted by molar-refractivity contribution is -0.119. The highest BCUT2D eigenvalue weighted by Gasteiger charge is 2.42. The van der Waals surface area contributed by atoms with Gasteiger partial charge < -0.3 is 5.32 Å². The molecule has 5 nitrogen and oxygen atoms in total. The van der Waals surface area contributed by atoms with Crippen molar-refractivity contribution in [2.75, 3.05) is 5.75 Å². The molecule has 0 radical (unpaired) electrons. The van der Waals surface area contributed by atoms with Crippen molar-refractivity contribution in [1.82, 2.24) is 14.9 Å². The predicted molar refractivity (Wildman–Crippen MR) is 111 cm³/mol. The van der Waals surface area contributed by atoms with Crippen LogP contribution in [-0.2, 0) is 4.79 Å². The largest absolute Gasteiger partial charge is 0.337 e. The molecule has 1 N–H and O–H groups in total. The monoisotopic (exact) mass is 390 g/mol. The zero-order valence-corrected chi connectivity index (χ0v) is 16.8. The molecule has 28 heavy (non-hydrogen) atoms. The van der Waals surface area contributed by atoms with E-state index in [2.05, 4.69) is 47.1 Å². The van der Waals surface area contributed by atoms with Gasteiger partial charge in [0, 0.05) is 5.69 Å². The molecule has 0 unspecified atom stereocenters. The van der Waals surface area contributed by atoms with Crippen LogP contribution in [0.1, 0.15) is 25.3 Å². The summed E-state index contributed by atoms with van der Waals surface area (Å²) < 4.78 is 2.08. The Morgan fingerprint density at radius 1 is 1.29 bits per heavy atom. The van der Waals surface area contributed by atoms with Crippen LogP contribution >= 0.6 is 11.8 Å². The summed E-state index contributed by atoms with van der Waals surface area (Å²) in [5, 5.41) is 13.1. The number of aromatic nitrogens is 2. The van der Waals surface area contributed by atoms with Crippen LogP contribution in [0.2, 0.25) is 0 Å². The maximum atomic E-state index is 12.5. The first-order valence-electron chi connectivity index (χ1n) is 9.40. The third kappa shape index (κ3) is 3.63. The van der Waals surface area contributed by atoms with Gasteiger partial charge in [-0.25, -0.2) is 4.98 Å². The van der Waals surface area contributed by atoms with Gasteiger partial charge in [0.05, 0.1) is 22.9 Å². The number of nitrogens with zero attached hydrogens (tertiary/aromatic N) is 3. The summed E-state index contributed by atoms with van der Waals surface area (Å²) in [6.07, 6.45) is 2.00. The van der Waals surface area contributed by atoms with Crippen molar-refractivity contribution in [3.05, 3.63) is 54.1 Å². The Balaban J connectivity index is 1.58. The van der Waals surface area contributed by atoms with Gasteiger partial charge in [-0.3, -0.25) is 9.36 Å². The summed E-state index contributed by atoms with van der Waals surface area (Å²) in [6, 6.07) is 18.5. The van der Waals surface area contributed by atoms with E-state index in [0.717, 1.165) is 34.7 Å². The van der Waals surface area contributed by atoms with Gasteiger partial charge in [0.25, 0.3) is 0 Å². The number of hydrogen-bond donors (Lipinski definition) is 1. The minimum Gasteiger partial charge on any atom is -0.337 e. The fraction of sp³-hybridized carbons (Fsp3) is 0.318. The van der Waals surface area contributed by atoms with E-state index in [1.54, 1.807) is 0 Å². The lowest BCUT2D eigenvalue weighted by Gasteiger charge is -2.22. The highest BCUT2D eigenvalue weighted by Crippen LogP contribution is 2.39. The molecule has 0 saturated heterocycles. The number of rotatable bonds is 6. The number of benzene rings is 2. The standard InChI is InChI=1S/C22H22N4OS/c1-15-7-11-17(12-8-15)26-19-6-4-3-5-18(19)24-21(26)28-13-20(27)25-22(2,14-23)16-9-10-16/h3-8,11-12,16H,9-10,13H2,1-2H3,(H,25,27)/t22-/m0/s1. The Labute approximate surface area is 168 Å². The summed E-state index contributed by atoms with van der Waals surface area (Å²) in [7, 11) is 0. The molecule has 1 aromatic heterocycles. The first-order valence-corrected chi connectivity index (χ1v) is 10.4. The Morgan fingerprint density at radius 2 is 2.00 bits per heavy atom. The Morgan fingerprint density at radius 3 is 2.68 bits per heavy atom. The molecule has 1 amide bonds. The zero-order chi connectivity index (χ0) is 19.7. The van der Waals surface area contributed by atoms with Gasteiger partial charge in [-0.05, 0) is 56.9 Å². The normalized spacial score (nSPS) is 15.8. The molecule has 1 fully saturated rings. The molecular formula is C22H22N4OS. The molecule has 1 aliphatic rings. The summed E-state index contributed by atoms with van der Waals surface area (Å²) in [5.74, 6) is 0.353. The zero-order valence-electron chi connectivity index (χ0n) is 16.0. The van der Waals surface area contributed by atoms with E-state index in [-0.39, 0.29) is 17.6 Å². The van der Waals surface area contributed by atoms with Crippen LogP contribution in [0.3, 0.4) is 0 Å². The van der Waals surface area contributed by atoms with E-state index >= 15 is 0 Å². The second-order valence-electron chi connectivity index (χ2n) is 7.48. The van der Waals surface area contributed by atoms with Crippen LogP contribution < -0.4 is 5.32 Å². The van der Waals surface area contributed by atoms with Crippen molar-refractivity contribution in [3.8, 4) is 11.8 Å². The number of imidazole rings is 1. The number of carbonyl (C=O) groups is 1. The number of fused-ring (bicyclic) bond motifs is 1. The van der Waals surface area contributed by atoms with E-state index in [1.165, 1.54) is 17.3 Å². The molecule has 142 valence electrons. The quantitative estimate of drug-likeness (QED) is 0.639. The van der Waals surface area contributed by atoms with Gasteiger partial charge in [0.2, 0.25) is 5.91 Å². The van der Waals surface area contributed by atoms with Gasteiger partial charge in [-0.1, -0.05) is 41.6 Å². The number of para-hydroxylation sites is 2. The lowest BCUT2D eigenvalue weighted by Crippen LogP contribution is -2.47. The highest BCUT2D eigenvalue weighted by molar-refractivity contribution is 7.99. The highest BCUT2D eigenvalue weighted by atomic mass is 32.2. The third-order valence-electron chi connectivity index (χ3n) is 5.18. The summed E-state index contributed by atoms with van der Waals surface area (Å²) in [6.45, 7) is 3.87. The molecule has 0 bridgehead atoms. The van der Waals surface area contributed by atoms with Crippen LogP contribution in [0, 0.1) is 24.2 Å². The van der Waals surface area contributed by atoms with Gasteiger partial charge >= 0.3 is 0 Å². The number of aryl methyl sites for hydroxylation is 1. The van der Waals surface area contributed by atoms with Crippen LogP contribution in [-0.4, -0.2) is 26.8 Å². The van der Waals surface area contributed by atoms with Crippen LogP contribution in [0.15, 0.2) is 53.7 Å². The fourth-order valence-corrected chi connectivity index (χ4v) is 4.21. The van der Waals surface area contributed by atoms with Crippen molar-refractivity contribution in [2.45, 2.75) is 37.4 Å². The minimum absolute atomic E-state index is 0.136. The van der Waals surface area contributed by atoms with E-state index in [9.17, 15) is 10.1 Å². The smallest absolute Gasteiger partial charge is 0.231 e. The molecular weight excluding hydrogens is 368 g/mol. The summed E-state index contributed by atoms with van der Waals surface area (Å²) >= 11 is 1.39. The molecule has 1 aliphatic carbocycles. The van der Waals surface area contributed by atoms with Gasteiger partial charge in [0.1, 0.15) is 5.54 Å². The number of thioether (sulfide) groups is 1. The maximum absolute atomic E-state index is 12.5. The van der Waals surface area contributed by atoms with Crippen LogP contribution in [0.25, 0.3) is 16.7 Å². The molecule has 3 aromatic rings. The Kier molecular flexibility index (Phi) is 4.86. The molecule has 1 atom stereocenters. The third-order valence-corrected chi connectivity index (χ3v) is 6.12. The average molecular weight is 391 g/mol. The average Bonchev–Trinajstić information content (AvgIpc) is 3.49. The molecule has 2 aromatic carbocycles. The van der Waals surface area contributed by atoms with Crippen molar-refractivity contribution >= 4 is 28.7 Å². The first-order chi connectivity index (χ1) is 13.5. The fourth-order valence-electron chi connectivity index (χ4n) is 3.38. The maximum Gasteiger partial charge on any atom is 0.231 e. The van der Waals surface area contributed by atoms with Gasteiger partial charge in [0.15, 0.2) is 5.16 Å². The van der Waals surface area contributed by atoms with E-state index in [0.29, 0.717) is 0 Å². The van der Waals surface area contributed by atoms with Crippen molar-refractivity contribution in [3.63, 3.8) is 0 Å². The van der Waals surface area contributed by atoms with E-state index in [1.807, 2.05) is 31.2 Å². The second-order valence-corrected chi connectivity index (χ2v) is 8.42. The van der Waals surface area contributed by atoms with Gasteiger partial charge in [-0.2, -0.15) is 5.26 Å². The van der Waals surface area contributed by atoms with Crippen LogP contribution in [0.4, 0.5) is 0 Å². The summed E-state index contributed by atoms with van der Waals surface area (Å²) in [5.41, 5.74) is 3.34. The molecule has 4 rings (SSSR count). The molecule has 6 heteroatoms. The molecule has 0 spiro atoms. The van der Waals surface area contributed by atoms with Crippen molar-refractivity contribution in [2.24, 2.45) is 5.92 Å². The predicted octanol–water partition coefficient (Wildman–Crippen LogP) is 4.23.